The number of hydrogen-bond acceptors (Lipinski definition) is 11. The van der Waals surface area contributed by atoms with E-state index < -0.39 is 17.5 Å². The fraction of sp³-hybridized carbons (Fsp3) is 0.344. The molecule has 6 heterocycles. The Bertz CT molecular complexity index is 2070. The third-order valence-electron chi connectivity index (χ3n) is 9.27. The number of halogens is 3. The Labute approximate surface area is 271 Å². The third-order valence-corrected chi connectivity index (χ3v) is 10.7. The first-order valence-electron chi connectivity index (χ1n) is 14.9. The first kappa shape index (κ1) is 29.2. The summed E-state index contributed by atoms with van der Waals surface area (Å²) in [7, 11) is 0. The SMILES string of the molecule is N#Cc1c(N)sc2c(F)ccc(-c3c4c(c5c(NCc6cccnn6)nc(OC[C@@]67CCCN6C[C@H](F)C7)nc5c3Cl)COC4)c12. The van der Waals surface area contributed by atoms with E-state index in [2.05, 4.69) is 26.5 Å². The van der Waals surface area contributed by atoms with E-state index in [1.54, 1.807) is 18.3 Å². The number of anilines is 2. The van der Waals surface area contributed by atoms with Crippen LogP contribution in [0.1, 0.15) is 41.6 Å². The predicted molar refractivity (Wildman–Crippen MR) is 171 cm³/mol. The molecule has 2 atom stereocenters. The van der Waals surface area contributed by atoms with Gasteiger partial charge in [0.25, 0.3) is 0 Å². The van der Waals surface area contributed by atoms with Gasteiger partial charge in [-0.1, -0.05) is 17.7 Å². The monoisotopic (exact) mass is 660 g/mol. The van der Waals surface area contributed by atoms with Gasteiger partial charge in [0.15, 0.2) is 0 Å². The molecule has 0 radical (unpaired) electrons. The largest absolute Gasteiger partial charge is 0.461 e. The molecular formula is C32H27ClF2N8O2S. The molecule has 0 spiro atoms. The van der Waals surface area contributed by atoms with E-state index in [4.69, 9.17) is 36.8 Å². The average Bonchev–Trinajstić information content (AvgIpc) is 3.83. The van der Waals surface area contributed by atoms with Crippen molar-refractivity contribution in [2.24, 2.45) is 0 Å². The van der Waals surface area contributed by atoms with E-state index in [1.165, 1.54) is 6.07 Å². The lowest BCUT2D eigenvalue weighted by Gasteiger charge is -2.30. The molecule has 3 N–H and O–H groups in total. The van der Waals surface area contributed by atoms with Crippen LogP contribution in [0.3, 0.4) is 0 Å². The van der Waals surface area contributed by atoms with Crippen molar-refractivity contribution >= 4 is 54.7 Å². The van der Waals surface area contributed by atoms with Crippen LogP contribution in [-0.4, -0.2) is 56.5 Å². The van der Waals surface area contributed by atoms with Crippen LogP contribution in [0, 0.1) is 17.1 Å². The zero-order chi connectivity index (χ0) is 31.6. The molecule has 14 heteroatoms. The summed E-state index contributed by atoms with van der Waals surface area (Å²) in [5.41, 5.74) is 9.81. The maximum absolute atomic E-state index is 15.0. The van der Waals surface area contributed by atoms with Crippen LogP contribution in [0.2, 0.25) is 5.02 Å². The Morgan fingerprint density at radius 3 is 2.93 bits per heavy atom. The molecule has 0 amide bonds. The highest BCUT2D eigenvalue weighted by atomic mass is 35.5. The molecule has 234 valence electrons. The minimum atomic E-state index is -0.901. The van der Waals surface area contributed by atoms with E-state index in [0.29, 0.717) is 58.4 Å². The first-order chi connectivity index (χ1) is 22.4. The summed E-state index contributed by atoms with van der Waals surface area (Å²) in [4.78, 5) is 11.8. The fourth-order valence-electron chi connectivity index (χ4n) is 7.24. The number of ether oxygens (including phenoxy) is 2. The third kappa shape index (κ3) is 4.62. The number of alkyl halides is 1. The molecule has 2 saturated heterocycles. The van der Waals surface area contributed by atoms with E-state index >= 15 is 4.39 Å². The fourth-order valence-corrected chi connectivity index (χ4v) is 8.54. The molecule has 0 bridgehead atoms. The number of nitrogens with two attached hydrogens (primary N) is 1. The minimum absolute atomic E-state index is 0.0890. The second kappa shape index (κ2) is 11.2. The Kier molecular flexibility index (Phi) is 7.13. The molecule has 2 fully saturated rings. The van der Waals surface area contributed by atoms with Crippen molar-refractivity contribution in [2.75, 3.05) is 30.7 Å². The summed E-state index contributed by atoms with van der Waals surface area (Å²) < 4.78 is 42.0. The summed E-state index contributed by atoms with van der Waals surface area (Å²) in [5.74, 6) is -0.00352. The highest BCUT2D eigenvalue weighted by molar-refractivity contribution is 7.23. The number of nitrogen functional groups attached to an aromatic ring is 1. The summed E-state index contributed by atoms with van der Waals surface area (Å²) in [6.45, 7) is 2.28. The van der Waals surface area contributed by atoms with Gasteiger partial charge in [-0.15, -0.1) is 11.3 Å². The average molecular weight is 661 g/mol. The van der Waals surface area contributed by atoms with Gasteiger partial charge in [-0.3, -0.25) is 4.90 Å². The topological polar surface area (TPSA) is 135 Å². The molecular weight excluding hydrogens is 634 g/mol. The number of nitrogens with zero attached hydrogens (tertiary/aromatic N) is 6. The second-order valence-electron chi connectivity index (χ2n) is 11.9. The standard InChI is InChI=1S/C32H27ClF2N8O2S/c33-26-23(18-4-5-22(35)28-24(18)19(10-36)29(37)46-28)20-13-44-14-21(20)25-27(26)40-31(41-30(25)38-11-17-3-1-7-39-42-17)45-15-32-6-2-8-43(32)12-16(34)9-32/h1,3-5,7,16H,2,6,8-9,11-15,37H2,(H,38,40,41)/t16-,32+/m1/s1. The van der Waals surface area contributed by atoms with Crippen molar-refractivity contribution in [3.05, 3.63) is 63.7 Å². The number of hydrogen-bond donors (Lipinski definition) is 2. The maximum atomic E-state index is 15.0. The van der Waals surface area contributed by atoms with E-state index in [0.717, 1.165) is 41.9 Å². The zero-order valence-corrected chi connectivity index (χ0v) is 26.0. The Balaban J connectivity index is 1.31. The molecule has 3 aliphatic rings. The lowest BCUT2D eigenvalue weighted by Crippen LogP contribution is -2.43. The van der Waals surface area contributed by atoms with Gasteiger partial charge in [-0.05, 0) is 54.3 Å². The van der Waals surface area contributed by atoms with Crippen LogP contribution in [0.5, 0.6) is 6.01 Å². The number of nitriles is 1. The summed E-state index contributed by atoms with van der Waals surface area (Å²) in [6.07, 6.45) is 2.91. The Morgan fingerprint density at radius 2 is 2.11 bits per heavy atom. The smallest absolute Gasteiger partial charge is 0.319 e. The zero-order valence-electron chi connectivity index (χ0n) is 24.4. The van der Waals surface area contributed by atoms with Gasteiger partial charge in [0.2, 0.25) is 0 Å². The first-order valence-corrected chi connectivity index (χ1v) is 16.1. The molecule has 0 aliphatic carbocycles. The van der Waals surface area contributed by atoms with Crippen molar-refractivity contribution in [3.63, 3.8) is 0 Å². The van der Waals surface area contributed by atoms with Gasteiger partial charge in [-0.25, -0.2) is 8.78 Å². The van der Waals surface area contributed by atoms with Crippen molar-refractivity contribution < 1.29 is 18.3 Å². The van der Waals surface area contributed by atoms with Gasteiger partial charge in [0, 0.05) is 30.1 Å². The van der Waals surface area contributed by atoms with Crippen molar-refractivity contribution in [1.82, 2.24) is 25.1 Å². The molecule has 10 nitrogen and oxygen atoms in total. The highest BCUT2D eigenvalue weighted by Crippen LogP contribution is 2.49. The van der Waals surface area contributed by atoms with E-state index in [9.17, 15) is 9.65 Å². The van der Waals surface area contributed by atoms with Crippen LogP contribution in [0.4, 0.5) is 19.6 Å². The molecule has 3 aliphatic heterocycles. The minimum Gasteiger partial charge on any atom is -0.461 e. The molecule has 0 unspecified atom stereocenters. The number of benzene rings is 2. The quantitative estimate of drug-likeness (QED) is 0.209. The molecule has 0 saturated carbocycles. The number of thiophene rings is 1. The van der Waals surface area contributed by atoms with Crippen LogP contribution in [-0.2, 0) is 24.5 Å². The van der Waals surface area contributed by atoms with E-state index in [-0.39, 0.29) is 46.1 Å². The van der Waals surface area contributed by atoms with Crippen LogP contribution < -0.4 is 15.8 Å². The molecule has 2 aromatic carbocycles. The summed E-state index contributed by atoms with van der Waals surface area (Å²) in [6, 6.07) is 8.85. The van der Waals surface area contributed by atoms with Crippen LogP contribution in [0.25, 0.3) is 32.1 Å². The van der Waals surface area contributed by atoms with Gasteiger partial charge < -0.3 is 20.5 Å². The predicted octanol–water partition coefficient (Wildman–Crippen LogP) is 6.15. The molecule has 3 aromatic heterocycles. The van der Waals surface area contributed by atoms with Crippen LogP contribution in [0.15, 0.2) is 30.5 Å². The van der Waals surface area contributed by atoms with E-state index in [1.807, 2.05) is 6.07 Å². The Hall–Kier alpha value is -4.22. The van der Waals surface area contributed by atoms with Crippen molar-refractivity contribution in [1.29, 1.82) is 5.26 Å². The summed E-state index contributed by atoms with van der Waals surface area (Å²) >= 11 is 8.31. The normalized spacial score (nSPS) is 20.7. The number of aromatic nitrogens is 4. The Morgan fingerprint density at radius 1 is 1.24 bits per heavy atom. The lowest BCUT2D eigenvalue weighted by molar-refractivity contribution is 0.107. The number of rotatable bonds is 7. The van der Waals surface area contributed by atoms with Crippen LogP contribution >= 0.6 is 22.9 Å². The molecule has 8 rings (SSSR count). The van der Waals surface area contributed by atoms with Crippen molar-refractivity contribution in [3.8, 4) is 23.2 Å². The van der Waals surface area contributed by atoms with Gasteiger partial charge in [-0.2, -0.15) is 25.4 Å². The number of fused-ring (bicyclic) bond motifs is 5. The molecule has 46 heavy (non-hydrogen) atoms. The lowest BCUT2D eigenvalue weighted by atomic mass is 9.91. The van der Waals surface area contributed by atoms with Gasteiger partial charge in [0.05, 0.1) is 57.2 Å². The van der Waals surface area contributed by atoms with Crippen molar-refractivity contribution in [2.45, 2.75) is 50.7 Å². The van der Waals surface area contributed by atoms with Gasteiger partial charge >= 0.3 is 6.01 Å². The second-order valence-corrected chi connectivity index (χ2v) is 13.3. The summed E-state index contributed by atoms with van der Waals surface area (Å²) in [5, 5.41) is 23.1. The maximum Gasteiger partial charge on any atom is 0.319 e. The highest BCUT2D eigenvalue weighted by Gasteiger charge is 2.49. The molecule has 5 aromatic rings. The van der Waals surface area contributed by atoms with Gasteiger partial charge in [0.1, 0.15) is 35.5 Å². The number of nitrogens with one attached hydrogen (secondary N) is 1.